The van der Waals surface area contributed by atoms with E-state index in [1.165, 1.54) is 0 Å². The monoisotopic (exact) mass is 254 g/mol. The van der Waals surface area contributed by atoms with Crippen LogP contribution in [0.2, 0.25) is 0 Å². The van der Waals surface area contributed by atoms with Gasteiger partial charge in [-0.1, -0.05) is 42.5 Å². The van der Waals surface area contributed by atoms with Crippen LogP contribution < -0.4 is 11.1 Å². The van der Waals surface area contributed by atoms with Crippen molar-refractivity contribution in [3.8, 4) is 0 Å². The summed E-state index contributed by atoms with van der Waals surface area (Å²) < 4.78 is 0. The van der Waals surface area contributed by atoms with Crippen molar-refractivity contribution in [1.82, 2.24) is 0 Å². The number of aliphatic hydroxyl groups is 1. The third-order valence-corrected chi connectivity index (χ3v) is 2.78. The molecular formula is C16H18N2O. The van der Waals surface area contributed by atoms with Gasteiger partial charge in [-0.05, 0) is 29.3 Å². The molecule has 0 aliphatic rings. The van der Waals surface area contributed by atoms with Gasteiger partial charge >= 0.3 is 0 Å². The highest BCUT2D eigenvalue weighted by Gasteiger charge is 1.98. The maximum absolute atomic E-state index is 8.80. The van der Waals surface area contributed by atoms with Crippen LogP contribution in [0.5, 0.6) is 0 Å². The zero-order chi connectivity index (χ0) is 13.5. The van der Waals surface area contributed by atoms with Crippen LogP contribution in [-0.2, 0) is 0 Å². The number of anilines is 2. The Hall–Kier alpha value is -2.26. The van der Waals surface area contributed by atoms with Crippen molar-refractivity contribution in [3.05, 3.63) is 59.7 Å². The number of nitrogen functional groups attached to an aromatic ring is 1. The van der Waals surface area contributed by atoms with E-state index in [0.717, 1.165) is 22.5 Å². The fourth-order valence-corrected chi connectivity index (χ4v) is 1.78. The van der Waals surface area contributed by atoms with E-state index in [9.17, 15) is 0 Å². The van der Waals surface area contributed by atoms with Crippen LogP contribution in [0.15, 0.2) is 48.5 Å². The maximum Gasteiger partial charge on any atom is 0.0604 e. The summed E-state index contributed by atoms with van der Waals surface area (Å²) in [4.78, 5) is 0. The molecule has 3 nitrogen and oxygen atoms in total. The van der Waals surface area contributed by atoms with Crippen LogP contribution in [-0.4, -0.2) is 18.3 Å². The topological polar surface area (TPSA) is 58.3 Å². The van der Waals surface area contributed by atoms with Crippen molar-refractivity contribution in [2.75, 3.05) is 24.2 Å². The van der Waals surface area contributed by atoms with Crippen molar-refractivity contribution in [2.24, 2.45) is 0 Å². The molecule has 0 fully saturated rings. The molecule has 4 N–H and O–H groups in total. The highest BCUT2D eigenvalue weighted by molar-refractivity contribution is 5.77. The van der Waals surface area contributed by atoms with Crippen LogP contribution in [0.1, 0.15) is 11.1 Å². The Balaban J connectivity index is 2.17. The molecular weight excluding hydrogens is 236 g/mol. The predicted molar refractivity (Wildman–Crippen MR) is 81.8 cm³/mol. The molecule has 2 aromatic carbocycles. The number of rotatable bonds is 5. The molecule has 0 saturated heterocycles. The Kier molecular flexibility index (Phi) is 4.59. The summed E-state index contributed by atoms with van der Waals surface area (Å²) in [7, 11) is 0. The zero-order valence-corrected chi connectivity index (χ0v) is 10.7. The molecule has 0 bridgehead atoms. The minimum atomic E-state index is 0.111. The molecule has 0 heterocycles. The van der Waals surface area contributed by atoms with E-state index in [1.54, 1.807) is 0 Å². The zero-order valence-electron chi connectivity index (χ0n) is 10.7. The smallest absolute Gasteiger partial charge is 0.0604 e. The molecule has 0 atom stereocenters. The molecule has 0 aromatic heterocycles. The van der Waals surface area contributed by atoms with Crippen LogP contribution in [0.3, 0.4) is 0 Å². The number of hydrogen-bond acceptors (Lipinski definition) is 3. The molecule has 0 saturated carbocycles. The summed E-state index contributed by atoms with van der Waals surface area (Å²) in [5.74, 6) is 0. The Bertz CT molecular complexity index is 550. The third kappa shape index (κ3) is 3.86. The number of nitrogens with two attached hydrogens (primary N) is 1. The van der Waals surface area contributed by atoms with Gasteiger partial charge in [0.2, 0.25) is 0 Å². The van der Waals surface area contributed by atoms with Gasteiger partial charge in [0.25, 0.3) is 0 Å². The second-order valence-electron chi connectivity index (χ2n) is 4.24. The molecule has 0 amide bonds. The second-order valence-corrected chi connectivity index (χ2v) is 4.24. The summed E-state index contributed by atoms with van der Waals surface area (Å²) in [5, 5.41) is 11.9. The van der Waals surface area contributed by atoms with Gasteiger partial charge in [-0.2, -0.15) is 0 Å². The van der Waals surface area contributed by atoms with Crippen LogP contribution in [0.4, 0.5) is 11.4 Å². The number of aliphatic hydroxyl groups excluding tert-OH is 1. The van der Waals surface area contributed by atoms with Crippen molar-refractivity contribution >= 4 is 23.5 Å². The first kappa shape index (κ1) is 13.2. The van der Waals surface area contributed by atoms with E-state index < -0.39 is 0 Å². The van der Waals surface area contributed by atoms with Gasteiger partial charge in [-0.25, -0.2) is 0 Å². The van der Waals surface area contributed by atoms with Gasteiger partial charge in [-0.15, -0.1) is 0 Å². The van der Waals surface area contributed by atoms with E-state index >= 15 is 0 Å². The van der Waals surface area contributed by atoms with Crippen molar-refractivity contribution in [1.29, 1.82) is 0 Å². The average molecular weight is 254 g/mol. The fourth-order valence-electron chi connectivity index (χ4n) is 1.78. The lowest BCUT2D eigenvalue weighted by Crippen LogP contribution is -2.05. The molecule has 2 rings (SSSR count). The summed E-state index contributed by atoms with van der Waals surface area (Å²) in [5.41, 5.74) is 9.75. The van der Waals surface area contributed by atoms with E-state index in [2.05, 4.69) is 5.32 Å². The maximum atomic E-state index is 8.80. The summed E-state index contributed by atoms with van der Waals surface area (Å²) in [6.07, 6.45) is 4.02. The molecule has 0 spiro atoms. The first-order valence-corrected chi connectivity index (χ1v) is 6.27. The van der Waals surface area contributed by atoms with Crippen molar-refractivity contribution in [3.63, 3.8) is 0 Å². The Morgan fingerprint density at radius 3 is 2.58 bits per heavy atom. The van der Waals surface area contributed by atoms with E-state index in [4.69, 9.17) is 10.8 Å². The van der Waals surface area contributed by atoms with E-state index in [0.29, 0.717) is 6.54 Å². The SMILES string of the molecule is Nc1ccc(NCCO)cc1C=Cc1ccccc1. The van der Waals surface area contributed by atoms with Crippen molar-refractivity contribution in [2.45, 2.75) is 0 Å². The second kappa shape index (κ2) is 6.61. The Morgan fingerprint density at radius 2 is 1.84 bits per heavy atom. The molecule has 0 radical (unpaired) electrons. The van der Waals surface area contributed by atoms with Gasteiger partial charge in [0.05, 0.1) is 6.61 Å². The molecule has 98 valence electrons. The predicted octanol–water partition coefficient (Wildman–Crippen LogP) is 2.84. The van der Waals surface area contributed by atoms with Gasteiger partial charge in [-0.3, -0.25) is 0 Å². The largest absolute Gasteiger partial charge is 0.398 e. The molecule has 0 aliphatic heterocycles. The van der Waals surface area contributed by atoms with Gasteiger partial charge in [0.15, 0.2) is 0 Å². The van der Waals surface area contributed by atoms with Crippen LogP contribution in [0, 0.1) is 0 Å². The van der Waals surface area contributed by atoms with Crippen LogP contribution in [0.25, 0.3) is 12.2 Å². The first-order chi connectivity index (χ1) is 9.29. The molecule has 19 heavy (non-hydrogen) atoms. The van der Waals surface area contributed by atoms with E-state index in [-0.39, 0.29) is 6.61 Å². The van der Waals surface area contributed by atoms with Gasteiger partial charge < -0.3 is 16.2 Å². The minimum absolute atomic E-state index is 0.111. The van der Waals surface area contributed by atoms with Crippen molar-refractivity contribution < 1.29 is 5.11 Å². The Morgan fingerprint density at radius 1 is 1.05 bits per heavy atom. The summed E-state index contributed by atoms with van der Waals surface area (Å²) in [6, 6.07) is 15.8. The molecule has 0 aliphatic carbocycles. The summed E-state index contributed by atoms with van der Waals surface area (Å²) >= 11 is 0. The lowest BCUT2D eigenvalue weighted by atomic mass is 10.1. The minimum Gasteiger partial charge on any atom is -0.398 e. The third-order valence-electron chi connectivity index (χ3n) is 2.78. The molecule has 0 unspecified atom stereocenters. The highest BCUT2D eigenvalue weighted by atomic mass is 16.3. The number of nitrogens with one attached hydrogen (secondary N) is 1. The fraction of sp³-hybridized carbons (Fsp3) is 0.125. The average Bonchev–Trinajstić information content (AvgIpc) is 2.46. The number of hydrogen-bond donors (Lipinski definition) is 3. The standard InChI is InChI=1S/C16H18N2O/c17-16-9-8-15(18-10-11-19)12-14(16)7-6-13-4-2-1-3-5-13/h1-9,12,18-19H,10-11,17H2. The Labute approximate surface area is 113 Å². The van der Waals surface area contributed by atoms with Crippen LogP contribution >= 0.6 is 0 Å². The number of benzene rings is 2. The normalized spacial score (nSPS) is 10.8. The highest BCUT2D eigenvalue weighted by Crippen LogP contribution is 2.20. The van der Waals surface area contributed by atoms with Gasteiger partial charge in [0.1, 0.15) is 0 Å². The van der Waals surface area contributed by atoms with E-state index in [1.807, 2.05) is 60.7 Å². The lowest BCUT2D eigenvalue weighted by Gasteiger charge is -2.07. The van der Waals surface area contributed by atoms with Gasteiger partial charge in [0, 0.05) is 17.9 Å². The molecule has 3 heteroatoms. The first-order valence-electron chi connectivity index (χ1n) is 6.27. The summed E-state index contributed by atoms with van der Waals surface area (Å²) in [6.45, 7) is 0.644. The quantitative estimate of drug-likeness (QED) is 0.568. The lowest BCUT2D eigenvalue weighted by molar-refractivity contribution is 0.311. The molecule has 2 aromatic rings.